The van der Waals surface area contributed by atoms with Crippen molar-refractivity contribution >= 4 is 11.9 Å². The molecule has 0 bridgehead atoms. The van der Waals surface area contributed by atoms with Crippen LogP contribution in [0.2, 0.25) is 0 Å². The average Bonchev–Trinajstić information content (AvgIpc) is 2.55. The van der Waals surface area contributed by atoms with E-state index in [1.54, 1.807) is 6.08 Å². The van der Waals surface area contributed by atoms with E-state index in [2.05, 4.69) is 6.08 Å². The molecule has 144 valence electrons. The molecule has 0 saturated heterocycles. The van der Waals surface area contributed by atoms with E-state index in [4.69, 9.17) is 10.2 Å². The van der Waals surface area contributed by atoms with Crippen molar-refractivity contribution in [3.8, 4) is 0 Å². The summed E-state index contributed by atoms with van der Waals surface area (Å²) in [5, 5.41) is 26.8. The summed E-state index contributed by atoms with van der Waals surface area (Å²) in [7, 11) is 0. The van der Waals surface area contributed by atoms with Gasteiger partial charge in [-0.15, -0.1) is 0 Å². The van der Waals surface area contributed by atoms with Crippen LogP contribution in [0.25, 0.3) is 0 Å². The third kappa shape index (κ3) is 20.3. The summed E-state index contributed by atoms with van der Waals surface area (Å²) in [6.07, 6.45) is 18.2. The van der Waals surface area contributed by atoms with Gasteiger partial charge in [0.2, 0.25) is 0 Å². The molecule has 0 aromatic rings. The summed E-state index contributed by atoms with van der Waals surface area (Å²) in [6, 6.07) is 0. The molecule has 1 atom stereocenters. The fraction of sp³-hybridized carbons (Fsp3) is 0.700. The van der Waals surface area contributed by atoms with Crippen LogP contribution in [0.3, 0.4) is 0 Å². The highest BCUT2D eigenvalue weighted by atomic mass is 16.4. The number of allylic oxidation sites excluding steroid dienone is 3. The number of hydrogen-bond acceptors (Lipinski definition) is 3. The van der Waals surface area contributed by atoms with E-state index < -0.39 is 18.0 Å². The Kier molecular flexibility index (Phi) is 16.1. The quantitative estimate of drug-likeness (QED) is 0.260. The summed E-state index contributed by atoms with van der Waals surface area (Å²) in [4.78, 5) is 20.7. The molecule has 0 aromatic carbocycles. The Labute approximate surface area is 151 Å². The summed E-state index contributed by atoms with van der Waals surface area (Å²) in [5.41, 5.74) is 0. The predicted molar refractivity (Wildman–Crippen MR) is 99.6 cm³/mol. The first-order valence-corrected chi connectivity index (χ1v) is 9.47. The maximum atomic E-state index is 10.4. The fourth-order valence-electron chi connectivity index (χ4n) is 2.52. The first-order chi connectivity index (χ1) is 12.0. The Morgan fingerprint density at radius 3 is 1.84 bits per heavy atom. The third-order valence-corrected chi connectivity index (χ3v) is 3.98. The van der Waals surface area contributed by atoms with Gasteiger partial charge < -0.3 is 15.3 Å². The smallest absolute Gasteiger partial charge is 0.303 e. The minimum atomic E-state index is -0.786. The average molecular weight is 354 g/mol. The zero-order valence-electron chi connectivity index (χ0n) is 15.2. The molecule has 0 aromatic heterocycles. The number of hydrogen-bond donors (Lipinski definition) is 3. The number of aliphatic carboxylic acids is 2. The van der Waals surface area contributed by atoms with Gasteiger partial charge in [-0.1, -0.05) is 56.4 Å². The molecule has 0 rings (SSSR count). The minimum Gasteiger partial charge on any atom is -0.481 e. The second kappa shape index (κ2) is 17.2. The Hall–Kier alpha value is -1.62. The number of aliphatic hydroxyl groups excluding tert-OH is 1. The molecule has 0 saturated carbocycles. The monoisotopic (exact) mass is 354 g/mol. The van der Waals surface area contributed by atoms with Gasteiger partial charge >= 0.3 is 11.9 Å². The molecule has 0 radical (unpaired) electrons. The molecule has 5 heteroatoms. The largest absolute Gasteiger partial charge is 0.481 e. The molecule has 0 spiro atoms. The van der Waals surface area contributed by atoms with Gasteiger partial charge in [0.05, 0.1) is 6.10 Å². The van der Waals surface area contributed by atoms with E-state index in [-0.39, 0.29) is 12.8 Å². The van der Waals surface area contributed by atoms with Crippen molar-refractivity contribution in [2.45, 2.75) is 89.6 Å². The number of carbonyl (C=O) groups is 2. The van der Waals surface area contributed by atoms with Crippen LogP contribution in [0, 0.1) is 0 Å². The maximum Gasteiger partial charge on any atom is 0.303 e. The molecule has 25 heavy (non-hydrogen) atoms. The maximum absolute atomic E-state index is 10.4. The Balaban J connectivity index is 3.38. The van der Waals surface area contributed by atoms with Crippen LogP contribution < -0.4 is 0 Å². The molecule has 0 heterocycles. The minimum absolute atomic E-state index is 0.165. The van der Waals surface area contributed by atoms with Gasteiger partial charge in [0.1, 0.15) is 0 Å². The number of carboxylic acid groups (broad SMARTS) is 2. The van der Waals surface area contributed by atoms with Gasteiger partial charge in [-0.2, -0.15) is 0 Å². The van der Waals surface area contributed by atoms with E-state index in [0.717, 1.165) is 38.5 Å². The van der Waals surface area contributed by atoms with Crippen LogP contribution >= 0.6 is 0 Å². The second-order valence-electron chi connectivity index (χ2n) is 6.43. The third-order valence-electron chi connectivity index (χ3n) is 3.98. The molecule has 0 fully saturated rings. The lowest BCUT2D eigenvalue weighted by Gasteiger charge is -2.03. The van der Waals surface area contributed by atoms with Gasteiger partial charge in [0.15, 0.2) is 0 Å². The molecule has 3 N–H and O–H groups in total. The first kappa shape index (κ1) is 23.4. The first-order valence-electron chi connectivity index (χ1n) is 9.47. The number of aliphatic hydroxyl groups is 1. The van der Waals surface area contributed by atoms with E-state index in [0.29, 0.717) is 12.8 Å². The van der Waals surface area contributed by atoms with E-state index >= 15 is 0 Å². The number of carboxylic acids is 2. The van der Waals surface area contributed by atoms with Crippen molar-refractivity contribution < 1.29 is 24.9 Å². The van der Waals surface area contributed by atoms with Crippen molar-refractivity contribution in [1.82, 2.24) is 0 Å². The molecular weight excluding hydrogens is 320 g/mol. The number of rotatable bonds is 17. The van der Waals surface area contributed by atoms with Gasteiger partial charge in [-0.3, -0.25) is 9.59 Å². The van der Waals surface area contributed by atoms with Crippen LogP contribution in [0.5, 0.6) is 0 Å². The Morgan fingerprint density at radius 2 is 1.24 bits per heavy atom. The molecule has 0 aliphatic rings. The van der Waals surface area contributed by atoms with Crippen LogP contribution in [0.15, 0.2) is 24.3 Å². The second-order valence-corrected chi connectivity index (χ2v) is 6.43. The highest BCUT2D eigenvalue weighted by molar-refractivity contribution is 5.66. The molecule has 0 amide bonds. The van der Waals surface area contributed by atoms with Gasteiger partial charge in [0.25, 0.3) is 0 Å². The fourth-order valence-corrected chi connectivity index (χ4v) is 2.52. The molecular formula is C20H34O5. The molecule has 5 nitrogen and oxygen atoms in total. The highest BCUT2D eigenvalue weighted by Crippen LogP contribution is 2.10. The van der Waals surface area contributed by atoms with Crippen molar-refractivity contribution in [1.29, 1.82) is 0 Å². The molecule has 0 aliphatic heterocycles. The van der Waals surface area contributed by atoms with E-state index in [1.165, 1.54) is 19.3 Å². The highest BCUT2D eigenvalue weighted by Gasteiger charge is 2.00. The van der Waals surface area contributed by atoms with Crippen molar-refractivity contribution in [2.24, 2.45) is 0 Å². The van der Waals surface area contributed by atoms with Crippen LogP contribution in [-0.2, 0) is 9.59 Å². The summed E-state index contributed by atoms with van der Waals surface area (Å²) in [5.74, 6) is -1.49. The predicted octanol–water partition coefficient (Wildman–Crippen LogP) is 4.70. The van der Waals surface area contributed by atoms with Gasteiger partial charge in [0, 0.05) is 12.8 Å². The van der Waals surface area contributed by atoms with Crippen molar-refractivity contribution in [2.75, 3.05) is 0 Å². The summed E-state index contributed by atoms with van der Waals surface area (Å²) in [6.45, 7) is 0. The van der Waals surface area contributed by atoms with E-state index in [1.807, 2.05) is 12.2 Å². The Bertz CT molecular complexity index is 401. The molecule has 0 aliphatic carbocycles. The SMILES string of the molecule is O=C(O)CCCCCCCCC/C=C\C=C\[C@@H](O)CCCCC(=O)O. The van der Waals surface area contributed by atoms with Crippen LogP contribution in [0.1, 0.15) is 83.5 Å². The lowest BCUT2D eigenvalue weighted by molar-refractivity contribution is -0.138. The lowest BCUT2D eigenvalue weighted by atomic mass is 10.1. The zero-order chi connectivity index (χ0) is 18.8. The van der Waals surface area contributed by atoms with Crippen molar-refractivity contribution in [3.05, 3.63) is 24.3 Å². The van der Waals surface area contributed by atoms with E-state index in [9.17, 15) is 14.7 Å². The number of unbranched alkanes of at least 4 members (excludes halogenated alkanes) is 8. The Morgan fingerprint density at radius 1 is 0.720 bits per heavy atom. The van der Waals surface area contributed by atoms with Crippen LogP contribution in [0.4, 0.5) is 0 Å². The van der Waals surface area contributed by atoms with Gasteiger partial charge in [-0.25, -0.2) is 0 Å². The van der Waals surface area contributed by atoms with Crippen LogP contribution in [-0.4, -0.2) is 33.4 Å². The zero-order valence-corrected chi connectivity index (χ0v) is 15.2. The summed E-state index contributed by atoms with van der Waals surface area (Å²) < 4.78 is 0. The van der Waals surface area contributed by atoms with Gasteiger partial charge in [-0.05, 0) is 38.5 Å². The summed E-state index contributed by atoms with van der Waals surface area (Å²) >= 11 is 0. The normalized spacial score (nSPS) is 12.8. The lowest BCUT2D eigenvalue weighted by Crippen LogP contribution is -2.02. The topological polar surface area (TPSA) is 94.8 Å². The van der Waals surface area contributed by atoms with Crippen molar-refractivity contribution in [3.63, 3.8) is 0 Å². The molecule has 0 unspecified atom stereocenters. The standard InChI is InChI=1S/C20H34O5/c21-18(15-12-13-17-20(24)25)14-10-8-6-4-2-1-3-5-7-9-11-16-19(22)23/h6,8,10,14,18,21H,1-5,7,9,11-13,15-17H2,(H,22,23)(H,24,25)/b8-6-,14-10+/t18-/m1/s1.